The molecule has 0 saturated heterocycles. The van der Waals surface area contributed by atoms with Crippen molar-refractivity contribution in [1.29, 1.82) is 0 Å². The Labute approximate surface area is 119 Å². The van der Waals surface area contributed by atoms with E-state index in [0.29, 0.717) is 18.0 Å². The molecule has 20 heavy (non-hydrogen) atoms. The minimum Gasteiger partial charge on any atom is -0.307 e. The van der Waals surface area contributed by atoms with Gasteiger partial charge in [0.2, 0.25) is 0 Å². The zero-order valence-corrected chi connectivity index (χ0v) is 12.4. The lowest BCUT2D eigenvalue weighted by molar-refractivity contribution is 0.602. The fourth-order valence-electron chi connectivity index (χ4n) is 1.89. The van der Waals surface area contributed by atoms with Crippen LogP contribution in [0.3, 0.4) is 0 Å². The number of nitrogens with zero attached hydrogens (tertiary/aromatic N) is 1. The highest BCUT2D eigenvalue weighted by molar-refractivity contribution is 7.90. The number of hydrogen-bond acceptors (Lipinski definition) is 4. The van der Waals surface area contributed by atoms with E-state index in [0.717, 1.165) is 17.0 Å². The van der Waals surface area contributed by atoms with Gasteiger partial charge in [-0.25, -0.2) is 8.42 Å². The van der Waals surface area contributed by atoms with Crippen LogP contribution < -0.4 is 5.32 Å². The lowest BCUT2D eigenvalue weighted by atomic mass is 10.2. The molecule has 0 aliphatic heterocycles. The van der Waals surface area contributed by atoms with Crippen molar-refractivity contribution >= 4 is 9.84 Å². The molecule has 0 radical (unpaired) electrons. The highest BCUT2D eigenvalue weighted by Gasteiger charge is 2.05. The average Bonchev–Trinajstić information content (AvgIpc) is 2.38. The molecule has 5 heteroatoms. The molecule has 0 saturated carbocycles. The Hall–Kier alpha value is -1.72. The second kappa shape index (κ2) is 6.15. The van der Waals surface area contributed by atoms with E-state index in [1.165, 1.54) is 6.26 Å². The molecular formula is C15H18N2O2S. The summed E-state index contributed by atoms with van der Waals surface area (Å²) in [5.74, 6) is 0. The van der Waals surface area contributed by atoms with Gasteiger partial charge < -0.3 is 5.32 Å². The normalized spacial score (nSPS) is 11.5. The quantitative estimate of drug-likeness (QED) is 0.916. The second-order valence-corrected chi connectivity index (χ2v) is 6.81. The number of nitrogens with one attached hydrogen (secondary N) is 1. The third kappa shape index (κ3) is 4.15. The highest BCUT2D eigenvalue weighted by atomic mass is 32.2. The van der Waals surface area contributed by atoms with Crippen LogP contribution in [0.4, 0.5) is 0 Å². The molecule has 0 amide bonds. The fraction of sp³-hybridized carbons (Fsp3) is 0.267. The molecule has 4 nitrogen and oxygen atoms in total. The van der Waals surface area contributed by atoms with E-state index in [4.69, 9.17) is 0 Å². The largest absolute Gasteiger partial charge is 0.307 e. The van der Waals surface area contributed by atoms with E-state index in [9.17, 15) is 8.42 Å². The van der Waals surface area contributed by atoms with Crippen LogP contribution in [-0.4, -0.2) is 19.7 Å². The number of aromatic nitrogens is 1. The third-order valence-corrected chi connectivity index (χ3v) is 4.06. The first kappa shape index (κ1) is 14.7. The van der Waals surface area contributed by atoms with Crippen LogP contribution in [0.1, 0.15) is 17.0 Å². The summed E-state index contributed by atoms with van der Waals surface area (Å²) in [6.45, 7) is 3.34. The smallest absolute Gasteiger partial charge is 0.175 e. The first-order valence-electron chi connectivity index (χ1n) is 6.37. The molecule has 0 atom stereocenters. The highest BCUT2D eigenvalue weighted by Crippen LogP contribution is 2.10. The Kier molecular flexibility index (Phi) is 4.52. The Bertz CT molecular complexity index is 679. The molecule has 2 aromatic rings. The van der Waals surface area contributed by atoms with Gasteiger partial charge in [0.25, 0.3) is 0 Å². The Morgan fingerprint density at radius 1 is 1.05 bits per heavy atom. The molecule has 1 aromatic heterocycles. The predicted molar refractivity (Wildman–Crippen MR) is 79.1 cm³/mol. The summed E-state index contributed by atoms with van der Waals surface area (Å²) in [5.41, 5.74) is 3.05. The molecule has 0 bridgehead atoms. The molecule has 2 rings (SSSR count). The van der Waals surface area contributed by atoms with Gasteiger partial charge in [-0.2, -0.15) is 0 Å². The third-order valence-electron chi connectivity index (χ3n) is 2.93. The molecule has 0 spiro atoms. The molecule has 106 valence electrons. The first-order chi connectivity index (χ1) is 9.45. The van der Waals surface area contributed by atoms with E-state index in [-0.39, 0.29) is 0 Å². The van der Waals surface area contributed by atoms with Crippen molar-refractivity contribution in [3.63, 3.8) is 0 Å². The van der Waals surface area contributed by atoms with E-state index in [2.05, 4.69) is 10.3 Å². The van der Waals surface area contributed by atoms with Gasteiger partial charge >= 0.3 is 0 Å². The Balaban J connectivity index is 1.92. The zero-order chi connectivity index (χ0) is 14.6. The predicted octanol–water partition coefficient (Wildman–Crippen LogP) is 2.08. The molecule has 1 heterocycles. The Morgan fingerprint density at radius 3 is 2.35 bits per heavy atom. The van der Waals surface area contributed by atoms with Crippen molar-refractivity contribution in [3.8, 4) is 0 Å². The number of benzene rings is 1. The van der Waals surface area contributed by atoms with Crippen molar-refractivity contribution in [2.45, 2.75) is 24.9 Å². The van der Waals surface area contributed by atoms with Gasteiger partial charge in [0.15, 0.2) is 9.84 Å². The molecule has 0 aliphatic rings. The maximum Gasteiger partial charge on any atom is 0.175 e. The van der Waals surface area contributed by atoms with Crippen LogP contribution in [0, 0.1) is 6.92 Å². The fourth-order valence-corrected chi connectivity index (χ4v) is 2.52. The summed E-state index contributed by atoms with van der Waals surface area (Å²) < 4.78 is 22.7. The first-order valence-corrected chi connectivity index (χ1v) is 8.26. The number of aryl methyl sites for hydroxylation is 1. The van der Waals surface area contributed by atoms with Crippen molar-refractivity contribution in [2.75, 3.05) is 6.26 Å². The number of sulfone groups is 1. The molecule has 0 unspecified atom stereocenters. The van der Waals surface area contributed by atoms with Crippen LogP contribution in [0.2, 0.25) is 0 Å². The van der Waals surface area contributed by atoms with Gasteiger partial charge in [0.05, 0.1) is 10.6 Å². The minimum atomic E-state index is -3.12. The molecule has 1 N–H and O–H groups in total. The van der Waals surface area contributed by atoms with Crippen molar-refractivity contribution in [2.24, 2.45) is 0 Å². The summed E-state index contributed by atoms with van der Waals surface area (Å²) in [6.07, 6.45) is 1.21. The van der Waals surface area contributed by atoms with Gasteiger partial charge in [0.1, 0.15) is 0 Å². The average molecular weight is 290 g/mol. The minimum absolute atomic E-state index is 0.349. The zero-order valence-electron chi connectivity index (χ0n) is 11.6. The van der Waals surface area contributed by atoms with Crippen LogP contribution in [0.5, 0.6) is 0 Å². The SMILES string of the molecule is Cc1cccc(CNCc2ccc(S(C)(=O)=O)cc2)n1. The van der Waals surface area contributed by atoms with Gasteiger partial charge in [-0.15, -0.1) is 0 Å². The standard InChI is InChI=1S/C15H18N2O2S/c1-12-4-3-5-14(17-12)11-16-10-13-6-8-15(9-7-13)20(2,18)19/h3-9,16H,10-11H2,1-2H3. The van der Waals surface area contributed by atoms with Crippen LogP contribution in [0.15, 0.2) is 47.4 Å². The van der Waals surface area contributed by atoms with Crippen LogP contribution in [-0.2, 0) is 22.9 Å². The van der Waals surface area contributed by atoms with E-state index >= 15 is 0 Å². The van der Waals surface area contributed by atoms with E-state index in [1.807, 2.05) is 37.3 Å². The van der Waals surface area contributed by atoms with E-state index in [1.54, 1.807) is 12.1 Å². The topological polar surface area (TPSA) is 59.1 Å². The van der Waals surface area contributed by atoms with Gasteiger partial charge in [-0.3, -0.25) is 4.98 Å². The lowest BCUT2D eigenvalue weighted by Gasteiger charge is -2.06. The number of hydrogen-bond donors (Lipinski definition) is 1. The Morgan fingerprint density at radius 2 is 1.75 bits per heavy atom. The molecular weight excluding hydrogens is 272 g/mol. The van der Waals surface area contributed by atoms with Gasteiger partial charge in [-0.1, -0.05) is 18.2 Å². The second-order valence-electron chi connectivity index (χ2n) is 4.79. The molecule has 1 aromatic carbocycles. The maximum absolute atomic E-state index is 11.4. The summed E-state index contributed by atoms with van der Waals surface area (Å²) in [6, 6.07) is 12.9. The van der Waals surface area contributed by atoms with Crippen LogP contribution in [0.25, 0.3) is 0 Å². The van der Waals surface area contributed by atoms with Crippen molar-refractivity contribution in [3.05, 3.63) is 59.4 Å². The number of pyridine rings is 1. The van der Waals surface area contributed by atoms with E-state index < -0.39 is 9.84 Å². The summed E-state index contributed by atoms with van der Waals surface area (Å²) in [4.78, 5) is 4.76. The van der Waals surface area contributed by atoms with Gasteiger partial charge in [0, 0.05) is 25.0 Å². The summed E-state index contributed by atoms with van der Waals surface area (Å²) in [5, 5.41) is 3.29. The van der Waals surface area contributed by atoms with Crippen molar-refractivity contribution in [1.82, 2.24) is 10.3 Å². The number of rotatable bonds is 5. The molecule has 0 fully saturated rings. The van der Waals surface area contributed by atoms with Crippen LogP contribution >= 0.6 is 0 Å². The maximum atomic E-state index is 11.4. The summed E-state index contributed by atoms with van der Waals surface area (Å²) >= 11 is 0. The van der Waals surface area contributed by atoms with Crippen molar-refractivity contribution < 1.29 is 8.42 Å². The summed E-state index contributed by atoms with van der Waals surface area (Å²) in [7, 11) is -3.12. The van der Waals surface area contributed by atoms with Gasteiger partial charge in [-0.05, 0) is 36.8 Å². The monoisotopic (exact) mass is 290 g/mol. The lowest BCUT2D eigenvalue weighted by Crippen LogP contribution is -2.14. The molecule has 0 aliphatic carbocycles.